The smallest absolute Gasteiger partial charge is 0.315 e. The highest BCUT2D eigenvalue weighted by molar-refractivity contribution is 5.76. The Morgan fingerprint density at radius 2 is 1.72 bits per heavy atom. The number of nitrogens with zero attached hydrogens (tertiary/aromatic N) is 2. The molecule has 3 rings (SSSR count). The van der Waals surface area contributed by atoms with Gasteiger partial charge >= 0.3 is 6.03 Å². The standard InChI is InChI=1S/C22H31N5O2/c1-16-20(17(2)27(26-16)19-10-4-3-5-11-19)15-25-22(29)24-13-12-23-21(28)14-18-8-6-7-9-18/h3-5,10-11,18H,6-9,12-15H2,1-2H3,(H,23,28)(H2,24,25,29). The van der Waals surface area contributed by atoms with E-state index in [-0.39, 0.29) is 11.9 Å². The average Bonchev–Trinajstić information content (AvgIpc) is 3.32. The van der Waals surface area contributed by atoms with Gasteiger partial charge in [-0.15, -0.1) is 0 Å². The molecular weight excluding hydrogens is 366 g/mol. The van der Waals surface area contributed by atoms with Crippen LogP contribution in [-0.2, 0) is 11.3 Å². The van der Waals surface area contributed by atoms with Gasteiger partial charge < -0.3 is 16.0 Å². The summed E-state index contributed by atoms with van der Waals surface area (Å²) in [6.45, 7) is 5.21. The van der Waals surface area contributed by atoms with Crippen LogP contribution >= 0.6 is 0 Å². The second-order valence-corrected chi connectivity index (χ2v) is 7.71. The van der Waals surface area contributed by atoms with Crippen LogP contribution in [0.2, 0.25) is 0 Å². The Balaban J connectivity index is 1.39. The number of carbonyl (C=O) groups excluding carboxylic acids is 2. The van der Waals surface area contributed by atoms with Gasteiger partial charge in [0, 0.05) is 37.3 Å². The van der Waals surface area contributed by atoms with Crippen molar-refractivity contribution < 1.29 is 9.59 Å². The molecule has 1 aliphatic rings. The van der Waals surface area contributed by atoms with Gasteiger partial charge in [-0.25, -0.2) is 9.48 Å². The number of nitrogens with one attached hydrogen (secondary N) is 3. The minimum absolute atomic E-state index is 0.0821. The minimum Gasteiger partial charge on any atom is -0.354 e. The number of aryl methyl sites for hydroxylation is 1. The monoisotopic (exact) mass is 397 g/mol. The quantitative estimate of drug-likeness (QED) is 0.599. The van der Waals surface area contributed by atoms with Gasteiger partial charge in [0.05, 0.1) is 11.4 Å². The summed E-state index contributed by atoms with van der Waals surface area (Å²) in [5.41, 5.74) is 3.91. The summed E-state index contributed by atoms with van der Waals surface area (Å²) in [5.74, 6) is 0.619. The molecular formula is C22H31N5O2. The summed E-state index contributed by atoms with van der Waals surface area (Å²) in [6.07, 6.45) is 5.41. The first-order valence-corrected chi connectivity index (χ1v) is 10.4. The number of rotatable bonds is 8. The molecule has 156 valence electrons. The molecule has 29 heavy (non-hydrogen) atoms. The number of benzene rings is 1. The number of para-hydroxylation sites is 1. The molecule has 7 heteroatoms. The number of hydrogen-bond acceptors (Lipinski definition) is 3. The molecule has 3 N–H and O–H groups in total. The van der Waals surface area contributed by atoms with Crippen molar-refractivity contribution in [3.63, 3.8) is 0 Å². The lowest BCUT2D eigenvalue weighted by Crippen LogP contribution is -2.40. The van der Waals surface area contributed by atoms with Gasteiger partial charge in [0.25, 0.3) is 0 Å². The first-order chi connectivity index (χ1) is 14.0. The molecule has 0 spiro atoms. The molecule has 1 aromatic carbocycles. The first-order valence-electron chi connectivity index (χ1n) is 10.4. The third kappa shape index (κ3) is 5.82. The number of urea groups is 1. The molecule has 1 heterocycles. The fraction of sp³-hybridized carbons (Fsp3) is 0.500. The molecule has 0 saturated heterocycles. The van der Waals surface area contributed by atoms with E-state index in [1.807, 2.05) is 48.9 Å². The molecule has 0 unspecified atom stereocenters. The SMILES string of the molecule is Cc1nn(-c2ccccc2)c(C)c1CNC(=O)NCCNC(=O)CC1CCCC1. The fourth-order valence-electron chi connectivity index (χ4n) is 3.91. The molecule has 2 aromatic rings. The summed E-state index contributed by atoms with van der Waals surface area (Å²) in [5, 5.41) is 13.1. The average molecular weight is 398 g/mol. The molecule has 1 aromatic heterocycles. The van der Waals surface area contributed by atoms with Crippen molar-refractivity contribution in [3.05, 3.63) is 47.3 Å². The second kappa shape index (κ2) is 10.1. The third-order valence-corrected chi connectivity index (χ3v) is 5.55. The molecule has 3 amide bonds. The lowest BCUT2D eigenvalue weighted by molar-refractivity contribution is -0.121. The molecule has 1 fully saturated rings. The summed E-state index contributed by atoms with van der Waals surface area (Å²) < 4.78 is 1.89. The van der Waals surface area contributed by atoms with E-state index in [9.17, 15) is 9.59 Å². The maximum atomic E-state index is 12.1. The van der Waals surface area contributed by atoms with Crippen LogP contribution in [0.1, 0.15) is 49.1 Å². The number of amides is 3. The lowest BCUT2D eigenvalue weighted by Gasteiger charge is -2.11. The predicted octanol–water partition coefficient (Wildman–Crippen LogP) is 2.98. The van der Waals surface area contributed by atoms with E-state index in [4.69, 9.17) is 0 Å². The molecule has 0 aliphatic heterocycles. The molecule has 1 saturated carbocycles. The van der Waals surface area contributed by atoms with E-state index in [0.29, 0.717) is 32.0 Å². The van der Waals surface area contributed by atoms with Crippen LogP contribution in [-0.4, -0.2) is 34.8 Å². The fourth-order valence-corrected chi connectivity index (χ4v) is 3.91. The Labute approximate surface area is 172 Å². The van der Waals surface area contributed by atoms with E-state index >= 15 is 0 Å². The van der Waals surface area contributed by atoms with Crippen LogP contribution in [0.3, 0.4) is 0 Å². The van der Waals surface area contributed by atoms with Gasteiger partial charge in [-0.2, -0.15) is 5.10 Å². The molecule has 0 atom stereocenters. The third-order valence-electron chi connectivity index (χ3n) is 5.55. The maximum absolute atomic E-state index is 12.1. The van der Waals surface area contributed by atoms with Crippen molar-refractivity contribution in [1.29, 1.82) is 0 Å². The van der Waals surface area contributed by atoms with Crippen molar-refractivity contribution in [2.75, 3.05) is 13.1 Å². The summed E-state index contributed by atoms with van der Waals surface area (Å²) in [4.78, 5) is 24.0. The Kier molecular flexibility index (Phi) is 7.27. The predicted molar refractivity (Wildman–Crippen MR) is 113 cm³/mol. The highest BCUT2D eigenvalue weighted by atomic mass is 16.2. The molecule has 1 aliphatic carbocycles. The Hall–Kier alpha value is -2.83. The Bertz CT molecular complexity index is 825. The molecule has 0 bridgehead atoms. The van der Waals surface area contributed by atoms with Crippen LogP contribution in [0.5, 0.6) is 0 Å². The van der Waals surface area contributed by atoms with Crippen molar-refractivity contribution >= 4 is 11.9 Å². The van der Waals surface area contributed by atoms with E-state index in [1.165, 1.54) is 12.8 Å². The summed E-state index contributed by atoms with van der Waals surface area (Å²) in [6, 6.07) is 9.68. The van der Waals surface area contributed by atoms with Gasteiger partial charge in [-0.3, -0.25) is 4.79 Å². The minimum atomic E-state index is -0.249. The molecule has 7 nitrogen and oxygen atoms in total. The van der Waals surface area contributed by atoms with Crippen LogP contribution in [0, 0.1) is 19.8 Å². The van der Waals surface area contributed by atoms with E-state index in [2.05, 4.69) is 21.0 Å². The van der Waals surface area contributed by atoms with Crippen molar-refractivity contribution in [1.82, 2.24) is 25.7 Å². The van der Waals surface area contributed by atoms with Crippen molar-refractivity contribution in [2.45, 2.75) is 52.5 Å². The normalized spacial score (nSPS) is 14.0. The second-order valence-electron chi connectivity index (χ2n) is 7.71. The number of aromatic nitrogens is 2. The van der Waals surface area contributed by atoms with Crippen LogP contribution < -0.4 is 16.0 Å². The van der Waals surface area contributed by atoms with Crippen molar-refractivity contribution in [2.24, 2.45) is 5.92 Å². The zero-order valence-electron chi connectivity index (χ0n) is 17.3. The van der Waals surface area contributed by atoms with Gasteiger partial charge in [-0.05, 0) is 44.7 Å². The maximum Gasteiger partial charge on any atom is 0.315 e. The van der Waals surface area contributed by atoms with E-state index in [1.54, 1.807) is 0 Å². The summed E-state index contributed by atoms with van der Waals surface area (Å²) in [7, 11) is 0. The van der Waals surface area contributed by atoms with Crippen LogP contribution in [0.15, 0.2) is 30.3 Å². The van der Waals surface area contributed by atoms with Crippen LogP contribution in [0.4, 0.5) is 4.79 Å². The van der Waals surface area contributed by atoms with Gasteiger partial charge in [0.15, 0.2) is 0 Å². The topological polar surface area (TPSA) is 88.1 Å². The van der Waals surface area contributed by atoms with Gasteiger partial charge in [0.1, 0.15) is 0 Å². The summed E-state index contributed by atoms with van der Waals surface area (Å²) >= 11 is 0. The zero-order chi connectivity index (χ0) is 20.6. The van der Waals surface area contributed by atoms with E-state index in [0.717, 1.165) is 35.5 Å². The highest BCUT2D eigenvalue weighted by Crippen LogP contribution is 2.27. The van der Waals surface area contributed by atoms with Crippen LogP contribution in [0.25, 0.3) is 5.69 Å². The molecule has 0 radical (unpaired) electrons. The van der Waals surface area contributed by atoms with Gasteiger partial charge in [0.2, 0.25) is 5.91 Å². The first kappa shape index (κ1) is 20.9. The number of carbonyl (C=O) groups is 2. The Morgan fingerprint density at radius 3 is 2.45 bits per heavy atom. The lowest BCUT2D eigenvalue weighted by atomic mass is 10.0. The zero-order valence-corrected chi connectivity index (χ0v) is 17.3. The van der Waals surface area contributed by atoms with Gasteiger partial charge in [-0.1, -0.05) is 31.0 Å². The number of hydrogen-bond donors (Lipinski definition) is 3. The largest absolute Gasteiger partial charge is 0.354 e. The van der Waals surface area contributed by atoms with E-state index < -0.39 is 0 Å². The van der Waals surface area contributed by atoms with Crippen molar-refractivity contribution in [3.8, 4) is 5.69 Å². The Morgan fingerprint density at radius 1 is 1.03 bits per heavy atom. The highest BCUT2D eigenvalue weighted by Gasteiger charge is 2.18.